The van der Waals surface area contributed by atoms with Crippen molar-refractivity contribution < 1.29 is 19.4 Å². The second kappa shape index (κ2) is 7.41. The van der Waals surface area contributed by atoms with Crippen molar-refractivity contribution in [2.24, 2.45) is 0 Å². The van der Waals surface area contributed by atoms with Gasteiger partial charge in [0.05, 0.1) is 11.5 Å². The second-order valence-electron chi connectivity index (χ2n) is 7.90. The summed E-state index contributed by atoms with van der Waals surface area (Å²) in [4.78, 5) is 16.6. The fourth-order valence-corrected chi connectivity index (χ4v) is 4.82. The van der Waals surface area contributed by atoms with Crippen LogP contribution in [-0.4, -0.2) is 59.4 Å². The molecule has 0 bridgehead atoms. The SMILES string of the molecule is CCN1CC[C@@]23C=C[C@H](O)C[C@@H]2Oc2c(OC(=O)N(CC)CC)ccc(c23)C1. The molecule has 4 rings (SSSR count). The third-order valence-electron chi connectivity index (χ3n) is 6.48. The number of hydrogen-bond donors (Lipinski definition) is 1. The van der Waals surface area contributed by atoms with Gasteiger partial charge in [-0.1, -0.05) is 25.1 Å². The molecule has 1 N–H and O–H groups in total. The molecule has 28 heavy (non-hydrogen) atoms. The molecule has 1 spiro atoms. The van der Waals surface area contributed by atoms with Crippen LogP contribution in [0.1, 0.15) is 44.7 Å². The molecule has 0 radical (unpaired) electrons. The van der Waals surface area contributed by atoms with E-state index in [2.05, 4.69) is 24.0 Å². The molecular weight excluding hydrogens is 356 g/mol. The number of hydrogen-bond acceptors (Lipinski definition) is 5. The van der Waals surface area contributed by atoms with Gasteiger partial charge in [0.15, 0.2) is 11.5 Å². The molecule has 152 valence electrons. The molecule has 1 amide bonds. The number of rotatable bonds is 4. The molecule has 6 nitrogen and oxygen atoms in total. The highest BCUT2D eigenvalue weighted by molar-refractivity contribution is 5.73. The molecule has 1 aromatic rings. The molecule has 2 heterocycles. The average Bonchev–Trinajstić information content (AvgIpc) is 2.93. The van der Waals surface area contributed by atoms with Crippen LogP contribution in [0, 0.1) is 0 Å². The van der Waals surface area contributed by atoms with Crippen molar-refractivity contribution in [3.05, 3.63) is 35.4 Å². The Kier molecular flexibility index (Phi) is 5.10. The van der Waals surface area contributed by atoms with Gasteiger partial charge in [-0.2, -0.15) is 0 Å². The van der Waals surface area contributed by atoms with Crippen LogP contribution < -0.4 is 9.47 Å². The summed E-state index contributed by atoms with van der Waals surface area (Å²) in [6.07, 6.45) is 4.54. The Morgan fingerprint density at radius 3 is 2.86 bits per heavy atom. The molecule has 3 aliphatic rings. The second-order valence-corrected chi connectivity index (χ2v) is 7.90. The summed E-state index contributed by atoms with van der Waals surface area (Å²) >= 11 is 0. The quantitative estimate of drug-likeness (QED) is 0.806. The topological polar surface area (TPSA) is 62.2 Å². The first-order chi connectivity index (χ1) is 13.5. The van der Waals surface area contributed by atoms with E-state index in [4.69, 9.17) is 9.47 Å². The van der Waals surface area contributed by atoms with Crippen molar-refractivity contribution in [2.75, 3.05) is 26.2 Å². The molecule has 0 aromatic heterocycles. The van der Waals surface area contributed by atoms with Crippen LogP contribution in [0.5, 0.6) is 11.5 Å². The van der Waals surface area contributed by atoms with Crippen molar-refractivity contribution in [1.29, 1.82) is 0 Å². The largest absolute Gasteiger partial charge is 0.485 e. The normalized spacial score (nSPS) is 28.1. The Morgan fingerprint density at radius 1 is 1.36 bits per heavy atom. The van der Waals surface area contributed by atoms with Crippen molar-refractivity contribution in [1.82, 2.24) is 9.80 Å². The number of nitrogens with zero attached hydrogens (tertiary/aromatic N) is 2. The van der Waals surface area contributed by atoms with E-state index in [0.717, 1.165) is 31.6 Å². The third-order valence-corrected chi connectivity index (χ3v) is 6.48. The average molecular weight is 386 g/mol. The Labute approximate surface area is 166 Å². The van der Waals surface area contributed by atoms with E-state index >= 15 is 0 Å². The zero-order chi connectivity index (χ0) is 19.9. The van der Waals surface area contributed by atoms with Crippen LogP contribution in [0.25, 0.3) is 0 Å². The van der Waals surface area contributed by atoms with Gasteiger partial charge in [0, 0.05) is 31.6 Å². The van der Waals surface area contributed by atoms with E-state index < -0.39 is 6.10 Å². The number of aliphatic hydroxyl groups excluding tert-OH is 1. The van der Waals surface area contributed by atoms with Crippen molar-refractivity contribution in [2.45, 2.75) is 57.8 Å². The lowest BCUT2D eigenvalue weighted by molar-refractivity contribution is 0.0807. The first-order valence-electron chi connectivity index (χ1n) is 10.4. The smallest absolute Gasteiger partial charge is 0.415 e. The lowest BCUT2D eigenvalue weighted by Gasteiger charge is -2.35. The van der Waals surface area contributed by atoms with Crippen LogP contribution >= 0.6 is 0 Å². The summed E-state index contributed by atoms with van der Waals surface area (Å²) in [6.45, 7) is 10.1. The van der Waals surface area contributed by atoms with Gasteiger partial charge in [-0.05, 0) is 45.0 Å². The van der Waals surface area contributed by atoms with Gasteiger partial charge in [0.1, 0.15) is 6.10 Å². The fraction of sp³-hybridized carbons (Fsp3) is 0.591. The fourth-order valence-electron chi connectivity index (χ4n) is 4.82. The minimum absolute atomic E-state index is 0.133. The molecule has 1 aromatic carbocycles. The van der Waals surface area contributed by atoms with Crippen molar-refractivity contribution >= 4 is 6.09 Å². The maximum atomic E-state index is 12.5. The number of carbonyl (C=O) groups excluding carboxylic acids is 1. The molecule has 0 saturated carbocycles. The number of ether oxygens (including phenoxy) is 2. The minimum Gasteiger partial charge on any atom is -0.485 e. The standard InChI is InChI=1S/C22H30N2O4/c1-4-23-12-11-22-10-9-16(25)13-18(22)28-20-17(8-7-15(14-23)19(20)22)27-21(26)24(5-2)6-3/h7-10,16,18,25H,4-6,11-14H2,1-3H3/t16-,18-,22-/m0/s1. The summed E-state index contributed by atoms with van der Waals surface area (Å²) in [7, 11) is 0. The van der Waals surface area contributed by atoms with Gasteiger partial charge < -0.3 is 19.5 Å². The summed E-state index contributed by atoms with van der Waals surface area (Å²) < 4.78 is 12.1. The Morgan fingerprint density at radius 2 is 2.14 bits per heavy atom. The maximum Gasteiger partial charge on any atom is 0.415 e. The van der Waals surface area contributed by atoms with Crippen molar-refractivity contribution in [3.8, 4) is 11.5 Å². The Bertz CT molecular complexity index is 789. The Hall–Kier alpha value is -2.05. The summed E-state index contributed by atoms with van der Waals surface area (Å²) in [5.74, 6) is 1.16. The zero-order valence-corrected chi connectivity index (χ0v) is 17.0. The van der Waals surface area contributed by atoms with E-state index in [1.165, 1.54) is 5.56 Å². The van der Waals surface area contributed by atoms with Crippen LogP contribution in [0.15, 0.2) is 24.3 Å². The molecule has 1 aliphatic carbocycles. The van der Waals surface area contributed by atoms with Gasteiger partial charge in [-0.3, -0.25) is 4.90 Å². The van der Waals surface area contributed by atoms with E-state index in [9.17, 15) is 9.90 Å². The lowest BCUT2D eigenvalue weighted by Crippen LogP contribution is -2.43. The molecule has 6 heteroatoms. The number of aliphatic hydroxyl groups is 1. The van der Waals surface area contributed by atoms with Crippen LogP contribution in [0.3, 0.4) is 0 Å². The zero-order valence-electron chi connectivity index (χ0n) is 17.0. The first kappa shape index (κ1) is 19.3. The molecule has 0 unspecified atom stereocenters. The van der Waals surface area contributed by atoms with Gasteiger partial charge in [-0.25, -0.2) is 4.79 Å². The first-order valence-corrected chi connectivity index (χ1v) is 10.4. The van der Waals surface area contributed by atoms with E-state index in [1.807, 2.05) is 26.0 Å². The minimum atomic E-state index is -0.499. The van der Waals surface area contributed by atoms with Gasteiger partial charge in [-0.15, -0.1) is 0 Å². The highest BCUT2D eigenvalue weighted by atomic mass is 16.6. The van der Waals surface area contributed by atoms with Crippen LogP contribution in [-0.2, 0) is 12.0 Å². The summed E-state index contributed by atoms with van der Waals surface area (Å²) in [5, 5.41) is 10.2. The summed E-state index contributed by atoms with van der Waals surface area (Å²) in [6, 6.07) is 3.93. The molecule has 0 saturated heterocycles. The van der Waals surface area contributed by atoms with Gasteiger partial charge in [0.25, 0.3) is 0 Å². The predicted molar refractivity (Wildman–Crippen MR) is 107 cm³/mol. The number of benzene rings is 1. The van der Waals surface area contributed by atoms with Crippen molar-refractivity contribution in [3.63, 3.8) is 0 Å². The van der Waals surface area contributed by atoms with E-state index in [0.29, 0.717) is 31.0 Å². The monoisotopic (exact) mass is 386 g/mol. The number of carbonyl (C=O) groups is 1. The molecule has 0 fully saturated rings. The molecular formula is C22H30N2O4. The summed E-state index contributed by atoms with van der Waals surface area (Å²) in [5.41, 5.74) is 2.10. The number of amides is 1. The Balaban J connectivity index is 1.78. The maximum absolute atomic E-state index is 12.5. The van der Waals surface area contributed by atoms with Gasteiger partial charge in [0.2, 0.25) is 0 Å². The van der Waals surface area contributed by atoms with Gasteiger partial charge >= 0.3 is 6.09 Å². The highest BCUT2D eigenvalue weighted by Crippen LogP contribution is 2.55. The molecule has 2 aliphatic heterocycles. The molecule has 3 atom stereocenters. The van der Waals surface area contributed by atoms with E-state index in [-0.39, 0.29) is 17.6 Å². The van der Waals surface area contributed by atoms with Crippen LogP contribution in [0.4, 0.5) is 4.79 Å². The third kappa shape index (κ3) is 2.99. The van der Waals surface area contributed by atoms with Crippen LogP contribution in [0.2, 0.25) is 0 Å². The predicted octanol–water partition coefficient (Wildman–Crippen LogP) is 3.07. The lowest BCUT2D eigenvalue weighted by atomic mass is 9.69. The van der Waals surface area contributed by atoms with E-state index in [1.54, 1.807) is 4.90 Å². The highest BCUT2D eigenvalue weighted by Gasteiger charge is 2.52.